The van der Waals surface area contributed by atoms with Crippen molar-refractivity contribution in [3.05, 3.63) is 11.6 Å². The van der Waals surface area contributed by atoms with Gasteiger partial charge in [0.2, 0.25) is 0 Å². The highest BCUT2D eigenvalue weighted by molar-refractivity contribution is 5.15. The van der Waals surface area contributed by atoms with Gasteiger partial charge in [0.25, 0.3) is 0 Å². The minimum absolute atomic E-state index is 0.366. The van der Waals surface area contributed by atoms with Crippen molar-refractivity contribution in [3.63, 3.8) is 0 Å². The highest BCUT2D eigenvalue weighted by Gasteiger charge is 2.26. The van der Waals surface area contributed by atoms with Crippen LogP contribution in [-0.2, 0) is 4.74 Å². The Morgan fingerprint density at radius 2 is 2.00 bits per heavy atom. The van der Waals surface area contributed by atoms with E-state index in [0.717, 1.165) is 13.2 Å². The van der Waals surface area contributed by atoms with E-state index < -0.39 is 0 Å². The Balaban J connectivity index is 1.82. The second kappa shape index (κ2) is 4.26. The van der Waals surface area contributed by atoms with Gasteiger partial charge in [-0.3, -0.25) is 0 Å². The highest BCUT2D eigenvalue weighted by Crippen LogP contribution is 2.33. The second-order valence-electron chi connectivity index (χ2n) is 5.85. The Labute approximate surface area is 93.1 Å². The lowest BCUT2D eigenvalue weighted by molar-refractivity contribution is -0.0105. The SMILES string of the molecule is CC(C)(C)C1=CC[C@@H](NC2COC2)CC1. The molecular weight excluding hydrogens is 186 g/mol. The first-order chi connectivity index (χ1) is 7.05. The van der Waals surface area contributed by atoms with Crippen molar-refractivity contribution in [2.75, 3.05) is 13.2 Å². The summed E-state index contributed by atoms with van der Waals surface area (Å²) < 4.78 is 5.17. The van der Waals surface area contributed by atoms with E-state index in [9.17, 15) is 0 Å². The predicted octanol–water partition coefficient (Wildman–Crippen LogP) is 2.50. The predicted molar refractivity (Wildman–Crippen MR) is 62.9 cm³/mol. The van der Waals surface area contributed by atoms with Gasteiger partial charge in [-0.25, -0.2) is 0 Å². The van der Waals surface area contributed by atoms with Crippen LogP contribution in [0.4, 0.5) is 0 Å². The van der Waals surface area contributed by atoms with Crippen LogP contribution >= 0.6 is 0 Å². The Bertz CT molecular complexity index is 248. The second-order valence-corrected chi connectivity index (χ2v) is 5.85. The van der Waals surface area contributed by atoms with Crippen LogP contribution in [0.25, 0.3) is 0 Å². The maximum absolute atomic E-state index is 5.17. The van der Waals surface area contributed by atoms with Gasteiger partial charge in [0.15, 0.2) is 0 Å². The van der Waals surface area contributed by atoms with E-state index in [4.69, 9.17) is 4.74 Å². The number of rotatable bonds is 2. The summed E-state index contributed by atoms with van der Waals surface area (Å²) in [5.41, 5.74) is 2.00. The summed E-state index contributed by atoms with van der Waals surface area (Å²) in [6.07, 6.45) is 6.19. The van der Waals surface area contributed by atoms with Crippen LogP contribution in [0.1, 0.15) is 40.0 Å². The lowest BCUT2D eigenvalue weighted by atomic mass is 9.79. The van der Waals surface area contributed by atoms with Gasteiger partial charge in [0, 0.05) is 6.04 Å². The topological polar surface area (TPSA) is 21.3 Å². The van der Waals surface area contributed by atoms with Gasteiger partial charge < -0.3 is 10.1 Å². The number of ether oxygens (including phenoxy) is 1. The normalized spacial score (nSPS) is 28.5. The van der Waals surface area contributed by atoms with Crippen molar-refractivity contribution < 1.29 is 4.74 Å². The smallest absolute Gasteiger partial charge is 0.0643 e. The molecule has 15 heavy (non-hydrogen) atoms. The average molecular weight is 209 g/mol. The maximum atomic E-state index is 5.17. The standard InChI is InChI=1S/C13H23NO/c1-13(2,3)10-4-6-11(7-5-10)14-12-8-15-9-12/h4,11-12,14H,5-9H2,1-3H3/t11-/m1/s1. The van der Waals surface area contributed by atoms with Crippen molar-refractivity contribution in [2.45, 2.75) is 52.1 Å². The zero-order chi connectivity index (χ0) is 10.9. The summed E-state index contributed by atoms with van der Waals surface area (Å²) in [7, 11) is 0. The van der Waals surface area contributed by atoms with Crippen LogP contribution in [0.2, 0.25) is 0 Å². The summed E-state index contributed by atoms with van der Waals surface area (Å²) in [5, 5.41) is 3.66. The van der Waals surface area contributed by atoms with E-state index in [-0.39, 0.29) is 0 Å². The molecule has 0 aromatic carbocycles. The molecule has 0 saturated carbocycles. The summed E-state index contributed by atoms with van der Waals surface area (Å²) in [6, 6.07) is 1.31. The fraction of sp³-hybridized carbons (Fsp3) is 0.846. The first-order valence-corrected chi connectivity index (χ1v) is 6.09. The maximum Gasteiger partial charge on any atom is 0.0643 e. The number of allylic oxidation sites excluding steroid dienone is 1. The first kappa shape index (κ1) is 11.2. The van der Waals surface area contributed by atoms with Crippen LogP contribution in [-0.4, -0.2) is 25.3 Å². The van der Waals surface area contributed by atoms with Crippen LogP contribution in [0.5, 0.6) is 0 Å². The molecule has 1 N–H and O–H groups in total. The summed E-state index contributed by atoms with van der Waals surface area (Å²) >= 11 is 0. The van der Waals surface area contributed by atoms with Crippen molar-refractivity contribution >= 4 is 0 Å². The van der Waals surface area contributed by atoms with Gasteiger partial charge >= 0.3 is 0 Å². The van der Waals surface area contributed by atoms with Crippen LogP contribution in [0.3, 0.4) is 0 Å². The molecule has 2 heteroatoms. The molecule has 2 aliphatic rings. The molecule has 86 valence electrons. The molecule has 0 aromatic rings. The molecule has 0 unspecified atom stereocenters. The average Bonchev–Trinajstić information content (AvgIpc) is 2.11. The lowest BCUT2D eigenvalue weighted by Gasteiger charge is -2.35. The van der Waals surface area contributed by atoms with Crippen LogP contribution < -0.4 is 5.32 Å². The summed E-state index contributed by atoms with van der Waals surface area (Å²) in [6.45, 7) is 8.75. The van der Waals surface area contributed by atoms with E-state index >= 15 is 0 Å². The van der Waals surface area contributed by atoms with E-state index in [2.05, 4.69) is 32.2 Å². The molecule has 1 heterocycles. The molecule has 1 saturated heterocycles. The molecule has 0 radical (unpaired) electrons. The van der Waals surface area contributed by atoms with E-state index in [1.807, 2.05) is 0 Å². The Morgan fingerprint density at radius 1 is 1.27 bits per heavy atom. The Kier molecular flexibility index (Phi) is 3.17. The number of nitrogens with one attached hydrogen (secondary N) is 1. The largest absolute Gasteiger partial charge is 0.378 e. The van der Waals surface area contributed by atoms with Crippen LogP contribution in [0, 0.1) is 5.41 Å². The van der Waals surface area contributed by atoms with Crippen LogP contribution in [0.15, 0.2) is 11.6 Å². The molecular formula is C13H23NO. The minimum atomic E-state index is 0.366. The zero-order valence-electron chi connectivity index (χ0n) is 10.2. The van der Waals surface area contributed by atoms with E-state index in [0.29, 0.717) is 17.5 Å². The van der Waals surface area contributed by atoms with Crippen molar-refractivity contribution in [3.8, 4) is 0 Å². The quantitative estimate of drug-likeness (QED) is 0.706. The van der Waals surface area contributed by atoms with Crippen molar-refractivity contribution in [2.24, 2.45) is 5.41 Å². The third-order valence-electron chi connectivity index (χ3n) is 3.48. The van der Waals surface area contributed by atoms with Gasteiger partial charge in [-0.05, 0) is 24.7 Å². The summed E-state index contributed by atoms with van der Waals surface area (Å²) in [5.74, 6) is 0. The lowest BCUT2D eigenvalue weighted by Crippen LogP contribution is -2.50. The molecule has 1 fully saturated rings. The molecule has 0 aromatic heterocycles. The highest BCUT2D eigenvalue weighted by atomic mass is 16.5. The molecule has 1 atom stereocenters. The van der Waals surface area contributed by atoms with E-state index in [1.165, 1.54) is 19.3 Å². The van der Waals surface area contributed by atoms with Crippen molar-refractivity contribution in [1.29, 1.82) is 0 Å². The van der Waals surface area contributed by atoms with Gasteiger partial charge in [-0.15, -0.1) is 0 Å². The number of hydrogen-bond donors (Lipinski definition) is 1. The minimum Gasteiger partial charge on any atom is -0.378 e. The molecule has 2 nitrogen and oxygen atoms in total. The molecule has 0 amide bonds. The van der Waals surface area contributed by atoms with E-state index in [1.54, 1.807) is 5.57 Å². The molecule has 2 rings (SSSR count). The van der Waals surface area contributed by atoms with Gasteiger partial charge in [0.1, 0.15) is 0 Å². The fourth-order valence-electron chi connectivity index (χ4n) is 2.33. The van der Waals surface area contributed by atoms with Gasteiger partial charge in [0.05, 0.1) is 19.3 Å². The Morgan fingerprint density at radius 3 is 2.40 bits per heavy atom. The van der Waals surface area contributed by atoms with Crippen molar-refractivity contribution in [1.82, 2.24) is 5.32 Å². The number of hydrogen-bond acceptors (Lipinski definition) is 2. The van der Waals surface area contributed by atoms with Gasteiger partial charge in [-0.2, -0.15) is 0 Å². The molecule has 1 aliphatic heterocycles. The molecule has 0 bridgehead atoms. The first-order valence-electron chi connectivity index (χ1n) is 6.09. The molecule has 0 spiro atoms. The third-order valence-corrected chi connectivity index (χ3v) is 3.48. The Hall–Kier alpha value is -0.340. The third kappa shape index (κ3) is 2.82. The monoisotopic (exact) mass is 209 g/mol. The fourth-order valence-corrected chi connectivity index (χ4v) is 2.33. The molecule has 1 aliphatic carbocycles. The zero-order valence-corrected chi connectivity index (χ0v) is 10.2. The van der Waals surface area contributed by atoms with Gasteiger partial charge in [-0.1, -0.05) is 32.4 Å². The summed E-state index contributed by atoms with van der Waals surface area (Å²) in [4.78, 5) is 0.